The minimum absolute atomic E-state index is 0.0232. The van der Waals surface area contributed by atoms with Gasteiger partial charge in [0.15, 0.2) is 0 Å². The molecule has 0 fully saturated rings. The molecule has 1 N–H and O–H groups in total. The highest BCUT2D eigenvalue weighted by Crippen LogP contribution is 2.27. The molecule has 34 heavy (non-hydrogen) atoms. The molecule has 0 radical (unpaired) electrons. The molecule has 1 atom stereocenters. The smallest absolute Gasteiger partial charge is 0.245 e. The molecule has 6 nitrogen and oxygen atoms in total. The third-order valence-corrected chi connectivity index (χ3v) is 5.87. The predicted molar refractivity (Wildman–Crippen MR) is 137 cm³/mol. The van der Waals surface area contributed by atoms with Crippen molar-refractivity contribution in [3.63, 3.8) is 0 Å². The fourth-order valence-electron chi connectivity index (χ4n) is 3.89. The molecule has 2 aromatic carbocycles. The molecular formula is C28H36N4O2. The highest BCUT2D eigenvalue weighted by molar-refractivity contribution is 5.95. The number of benzene rings is 2. The van der Waals surface area contributed by atoms with Crippen LogP contribution >= 0.6 is 0 Å². The number of hydrogen-bond donors (Lipinski definition) is 1. The molecule has 1 aromatic heterocycles. The second-order valence-corrected chi connectivity index (χ2v) is 9.89. The maximum Gasteiger partial charge on any atom is 0.245 e. The fraction of sp³-hybridized carbons (Fsp3) is 0.393. The van der Waals surface area contributed by atoms with Crippen LogP contribution in [0.2, 0.25) is 0 Å². The first-order valence-electron chi connectivity index (χ1n) is 11.9. The lowest BCUT2D eigenvalue weighted by molar-refractivity contribution is -0.137. The zero-order valence-corrected chi connectivity index (χ0v) is 21.1. The molecule has 3 rings (SSSR count). The average Bonchev–Trinajstić information content (AvgIpc) is 3.23. The second kappa shape index (κ2) is 10.7. The van der Waals surface area contributed by atoms with Crippen LogP contribution in [-0.2, 0) is 15.0 Å². The summed E-state index contributed by atoms with van der Waals surface area (Å²) in [7, 11) is 0. The van der Waals surface area contributed by atoms with Gasteiger partial charge in [-0.2, -0.15) is 5.10 Å². The molecule has 0 saturated heterocycles. The van der Waals surface area contributed by atoms with Crippen molar-refractivity contribution in [2.24, 2.45) is 0 Å². The van der Waals surface area contributed by atoms with E-state index in [0.717, 1.165) is 16.9 Å². The van der Waals surface area contributed by atoms with E-state index in [1.165, 1.54) is 0 Å². The largest absolute Gasteiger partial charge is 0.330 e. The number of nitrogens with zero attached hydrogens (tertiary/aromatic N) is 3. The fourth-order valence-corrected chi connectivity index (χ4v) is 3.89. The summed E-state index contributed by atoms with van der Waals surface area (Å²) in [4.78, 5) is 28.3. The van der Waals surface area contributed by atoms with E-state index in [1.54, 1.807) is 9.58 Å². The molecule has 0 aliphatic carbocycles. The summed E-state index contributed by atoms with van der Waals surface area (Å²) in [6.07, 6.45) is 0.670. The van der Waals surface area contributed by atoms with E-state index in [-0.39, 0.29) is 35.7 Å². The molecule has 0 aliphatic rings. The number of para-hydroxylation sites is 1. The van der Waals surface area contributed by atoms with Crippen LogP contribution in [-0.4, -0.2) is 39.1 Å². The van der Waals surface area contributed by atoms with Crippen LogP contribution in [0.3, 0.4) is 0 Å². The lowest BCUT2D eigenvalue weighted by Gasteiger charge is -2.30. The molecule has 6 heteroatoms. The number of aromatic nitrogens is 2. The molecule has 1 heterocycles. The molecule has 0 aliphatic heterocycles. The lowest BCUT2D eigenvalue weighted by atomic mass is 9.92. The Labute approximate surface area is 203 Å². The van der Waals surface area contributed by atoms with Crippen molar-refractivity contribution >= 4 is 17.6 Å². The topological polar surface area (TPSA) is 67.2 Å². The first kappa shape index (κ1) is 25.2. The Morgan fingerprint density at radius 2 is 1.59 bits per heavy atom. The van der Waals surface area contributed by atoms with Crippen molar-refractivity contribution in [2.45, 2.75) is 65.3 Å². The standard InChI is InChI=1S/C28H36N4O2/c1-7-23(21-14-10-8-11-15-21)27(34)31(20(2)3)19-26(33)29-25-18-24(28(4,5)6)30-32(25)22-16-12-9-13-17-22/h8-18,20,23H,7,19H2,1-6H3,(H,29,33). The van der Waals surface area contributed by atoms with E-state index in [0.29, 0.717) is 12.2 Å². The molecular weight excluding hydrogens is 424 g/mol. The Morgan fingerprint density at radius 3 is 2.12 bits per heavy atom. The SMILES string of the molecule is CCC(C(=O)N(CC(=O)Nc1cc(C(C)(C)C)nn1-c1ccccc1)C(C)C)c1ccccc1. The minimum Gasteiger partial charge on any atom is -0.330 e. The van der Waals surface area contributed by atoms with E-state index >= 15 is 0 Å². The Kier molecular flexibility index (Phi) is 7.92. The van der Waals surface area contributed by atoms with Gasteiger partial charge in [-0.3, -0.25) is 9.59 Å². The average molecular weight is 461 g/mol. The quantitative estimate of drug-likeness (QED) is 0.480. The van der Waals surface area contributed by atoms with Gasteiger partial charge in [0.1, 0.15) is 12.4 Å². The summed E-state index contributed by atoms with van der Waals surface area (Å²) in [5.41, 5.74) is 2.53. The van der Waals surface area contributed by atoms with E-state index in [9.17, 15) is 9.59 Å². The second-order valence-electron chi connectivity index (χ2n) is 9.89. The summed E-state index contributed by atoms with van der Waals surface area (Å²) in [6.45, 7) is 12.1. The zero-order valence-electron chi connectivity index (χ0n) is 21.1. The van der Waals surface area contributed by atoms with Crippen molar-refractivity contribution in [3.8, 4) is 5.69 Å². The summed E-state index contributed by atoms with van der Waals surface area (Å²) in [5.74, 6) is 0.0272. The number of hydrogen-bond acceptors (Lipinski definition) is 3. The van der Waals surface area contributed by atoms with Crippen molar-refractivity contribution < 1.29 is 9.59 Å². The van der Waals surface area contributed by atoms with E-state index < -0.39 is 0 Å². The van der Waals surface area contributed by atoms with Crippen LogP contribution in [0.15, 0.2) is 66.7 Å². The van der Waals surface area contributed by atoms with Crippen LogP contribution in [0.5, 0.6) is 0 Å². The van der Waals surface area contributed by atoms with Crippen LogP contribution in [0.4, 0.5) is 5.82 Å². The van der Waals surface area contributed by atoms with E-state index in [2.05, 4.69) is 26.1 Å². The summed E-state index contributed by atoms with van der Waals surface area (Å²) < 4.78 is 1.75. The van der Waals surface area contributed by atoms with Gasteiger partial charge in [-0.05, 0) is 38.0 Å². The summed E-state index contributed by atoms with van der Waals surface area (Å²) >= 11 is 0. The van der Waals surface area contributed by atoms with Crippen molar-refractivity contribution in [3.05, 3.63) is 78.0 Å². The molecule has 1 unspecified atom stereocenters. The highest BCUT2D eigenvalue weighted by atomic mass is 16.2. The zero-order chi connectivity index (χ0) is 24.9. The van der Waals surface area contributed by atoms with Gasteiger partial charge in [-0.15, -0.1) is 0 Å². The number of carbonyl (C=O) groups is 2. The van der Waals surface area contributed by atoms with Gasteiger partial charge >= 0.3 is 0 Å². The van der Waals surface area contributed by atoms with Gasteiger partial charge in [-0.25, -0.2) is 4.68 Å². The Hall–Kier alpha value is -3.41. The van der Waals surface area contributed by atoms with Crippen LogP contribution in [0, 0.1) is 0 Å². The number of anilines is 1. The minimum atomic E-state index is -0.279. The van der Waals surface area contributed by atoms with Gasteiger partial charge < -0.3 is 10.2 Å². The van der Waals surface area contributed by atoms with E-state index in [4.69, 9.17) is 5.10 Å². The predicted octanol–water partition coefficient (Wildman–Crippen LogP) is 5.54. The normalized spacial score (nSPS) is 12.4. The summed E-state index contributed by atoms with van der Waals surface area (Å²) in [6, 6.07) is 21.3. The van der Waals surface area contributed by atoms with Crippen LogP contribution < -0.4 is 5.32 Å². The van der Waals surface area contributed by atoms with E-state index in [1.807, 2.05) is 87.5 Å². The highest BCUT2D eigenvalue weighted by Gasteiger charge is 2.28. The maximum atomic E-state index is 13.5. The van der Waals surface area contributed by atoms with Gasteiger partial charge in [0.05, 0.1) is 17.3 Å². The molecule has 180 valence electrons. The van der Waals surface area contributed by atoms with Gasteiger partial charge in [0.2, 0.25) is 11.8 Å². The van der Waals surface area contributed by atoms with Crippen molar-refractivity contribution in [2.75, 3.05) is 11.9 Å². The van der Waals surface area contributed by atoms with Crippen molar-refractivity contribution in [1.29, 1.82) is 0 Å². The Bertz CT molecular complexity index is 1100. The Morgan fingerprint density at radius 1 is 1.00 bits per heavy atom. The summed E-state index contributed by atoms with van der Waals surface area (Å²) in [5, 5.41) is 7.76. The third kappa shape index (κ3) is 5.93. The number of carbonyl (C=O) groups excluding carboxylic acids is 2. The van der Waals surface area contributed by atoms with Crippen LogP contribution in [0.1, 0.15) is 65.1 Å². The Balaban J connectivity index is 1.84. The third-order valence-electron chi connectivity index (χ3n) is 5.87. The number of amides is 2. The first-order chi connectivity index (χ1) is 16.1. The van der Waals surface area contributed by atoms with Crippen molar-refractivity contribution in [1.82, 2.24) is 14.7 Å². The van der Waals surface area contributed by atoms with Gasteiger partial charge in [0.25, 0.3) is 0 Å². The molecule has 0 spiro atoms. The van der Waals surface area contributed by atoms with Gasteiger partial charge in [0, 0.05) is 17.5 Å². The molecule has 0 bridgehead atoms. The molecule has 0 saturated carbocycles. The number of nitrogens with one attached hydrogen (secondary N) is 1. The van der Waals surface area contributed by atoms with Gasteiger partial charge in [-0.1, -0.05) is 76.2 Å². The molecule has 2 amide bonds. The maximum absolute atomic E-state index is 13.5. The van der Waals surface area contributed by atoms with Crippen LogP contribution in [0.25, 0.3) is 5.69 Å². The monoisotopic (exact) mass is 460 g/mol. The number of rotatable bonds is 8. The first-order valence-corrected chi connectivity index (χ1v) is 11.9. The lowest BCUT2D eigenvalue weighted by Crippen LogP contribution is -2.44. The molecule has 3 aromatic rings.